The van der Waals surface area contributed by atoms with Gasteiger partial charge in [0.05, 0.1) is 0 Å². The maximum atomic E-state index is 5.14. The van der Waals surface area contributed by atoms with Crippen molar-refractivity contribution >= 4 is 17.3 Å². The van der Waals surface area contributed by atoms with Crippen LogP contribution in [-0.4, -0.2) is 24.2 Å². The molecule has 0 atom stereocenters. The molecular formula is C7H6N4SV. The molecule has 2 rings (SSSR count). The number of thiocarbonyl (C=S) groups is 1. The average Bonchev–Trinajstić information content (AvgIpc) is 2.77. The van der Waals surface area contributed by atoms with E-state index in [0.29, 0.717) is 5.11 Å². The van der Waals surface area contributed by atoms with E-state index < -0.39 is 0 Å². The molecule has 2 aromatic heterocycles. The molecule has 0 aliphatic rings. The second-order valence-corrected chi connectivity index (χ2v) is 2.59. The minimum Gasteiger partial charge on any atom is -0.282 e. The Morgan fingerprint density at radius 3 is 1.77 bits per heavy atom. The fraction of sp³-hybridized carbons (Fsp3) is 0. The summed E-state index contributed by atoms with van der Waals surface area (Å²) in [6, 6.07) is 0. The summed E-state index contributed by atoms with van der Waals surface area (Å²) in [6.45, 7) is 0. The predicted octanol–water partition coefficient (Wildman–Crippen LogP) is 0.758. The van der Waals surface area contributed by atoms with Gasteiger partial charge in [-0.3, -0.25) is 9.13 Å². The zero-order valence-corrected chi connectivity index (χ0v) is 8.82. The normalized spacial score (nSPS) is 9.23. The van der Waals surface area contributed by atoms with Gasteiger partial charge in [0, 0.05) is 43.3 Å². The largest absolute Gasteiger partial charge is 0.282 e. The molecule has 65 valence electrons. The molecule has 0 saturated carbocycles. The van der Waals surface area contributed by atoms with Crippen molar-refractivity contribution < 1.29 is 18.6 Å². The van der Waals surface area contributed by atoms with Crippen LogP contribution >= 0.6 is 12.2 Å². The van der Waals surface area contributed by atoms with E-state index in [-0.39, 0.29) is 18.6 Å². The van der Waals surface area contributed by atoms with Crippen molar-refractivity contribution in [3.05, 3.63) is 37.4 Å². The van der Waals surface area contributed by atoms with Gasteiger partial charge in [0.25, 0.3) is 0 Å². The van der Waals surface area contributed by atoms with Gasteiger partial charge in [0.1, 0.15) is 12.7 Å². The van der Waals surface area contributed by atoms with E-state index in [1.54, 1.807) is 46.6 Å². The summed E-state index contributed by atoms with van der Waals surface area (Å²) >= 11 is 5.14. The predicted molar refractivity (Wildman–Crippen MR) is 47.8 cm³/mol. The van der Waals surface area contributed by atoms with Gasteiger partial charge in [-0.15, -0.1) is 0 Å². The third kappa shape index (κ3) is 2.06. The van der Waals surface area contributed by atoms with Crippen molar-refractivity contribution in [2.75, 3.05) is 0 Å². The molecule has 0 aliphatic carbocycles. The van der Waals surface area contributed by atoms with E-state index in [9.17, 15) is 0 Å². The first kappa shape index (κ1) is 10.2. The Bertz CT molecular complexity index is 331. The van der Waals surface area contributed by atoms with Crippen molar-refractivity contribution in [2.24, 2.45) is 0 Å². The van der Waals surface area contributed by atoms with Gasteiger partial charge in [-0.05, 0) is 12.2 Å². The molecule has 4 nitrogen and oxygen atoms in total. The first-order valence-electron chi connectivity index (χ1n) is 3.38. The van der Waals surface area contributed by atoms with Crippen LogP contribution in [0.25, 0.3) is 0 Å². The molecule has 0 aromatic carbocycles. The number of nitrogens with zero attached hydrogens (tertiary/aromatic N) is 4. The third-order valence-electron chi connectivity index (χ3n) is 1.45. The number of aromatic nitrogens is 4. The van der Waals surface area contributed by atoms with E-state index in [1.807, 2.05) is 0 Å². The standard InChI is InChI=1S/C7H6N4S.V/c12-7(10-3-1-8-5-10)11-4-2-9-6-11;/h1-6H;. The Labute approximate surface area is 92.5 Å². The summed E-state index contributed by atoms with van der Waals surface area (Å²) < 4.78 is 3.49. The topological polar surface area (TPSA) is 35.6 Å². The smallest absolute Gasteiger partial charge is 0.190 e. The van der Waals surface area contributed by atoms with E-state index >= 15 is 0 Å². The van der Waals surface area contributed by atoms with Crippen LogP contribution in [0, 0.1) is 0 Å². The van der Waals surface area contributed by atoms with Crippen LogP contribution in [0.4, 0.5) is 0 Å². The van der Waals surface area contributed by atoms with E-state index in [1.165, 1.54) is 0 Å². The molecule has 0 spiro atoms. The summed E-state index contributed by atoms with van der Waals surface area (Å²) in [5.74, 6) is 0. The van der Waals surface area contributed by atoms with Crippen LogP contribution in [-0.2, 0) is 18.6 Å². The Morgan fingerprint density at radius 1 is 1.00 bits per heavy atom. The van der Waals surface area contributed by atoms with Crippen molar-refractivity contribution in [3.8, 4) is 0 Å². The van der Waals surface area contributed by atoms with Crippen LogP contribution in [0.2, 0.25) is 0 Å². The van der Waals surface area contributed by atoms with Gasteiger partial charge in [0.15, 0.2) is 5.11 Å². The Kier molecular flexibility index (Phi) is 3.42. The Hall–Kier alpha value is -0.906. The van der Waals surface area contributed by atoms with Gasteiger partial charge in [-0.2, -0.15) is 0 Å². The monoisotopic (exact) mass is 229 g/mol. The van der Waals surface area contributed by atoms with Gasteiger partial charge in [-0.1, -0.05) is 0 Å². The number of hydrogen-bond donors (Lipinski definition) is 0. The zero-order valence-electron chi connectivity index (χ0n) is 6.61. The quantitative estimate of drug-likeness (QED) is 0.625. The minimum absolute atomic E-state index is 0. The van der Waals surface area contributed by atoms with Crippen LogP contribution in [0.5, 0.6) is 0 Å². The molecule has 0 fully saturated rings. The van der Waals surface area contributed by atoms with Gasteiger partial charge in [0.2, 0.25) is 0 Å². The molecule has 0 unspecified atom stereocenters. The zero-order chi connectivity index (χ0) is 8.39. The van der Waals surface area contributed by atoms with Crippen LogP contribution in [0.15, 0.2) is 37.4 Å². The number of rotatable bonds is 0. The molecule has 2 heterocycles. The molecule has 1 radical (unpaired) electrons. The van der Waals surface area contributed by atoms with Crippen molar-refractivity contribution in [1.29, 1.82) is 0 Å². The first-order valence-corrected chi connectivity index (χ1v) is 3.79. The average molecular weight is 229 g/mol. The second-order valence-electron chi connectivity index (χ2n) is 2.22. The molecule has 0 saturated heterocycles. The molecule has 6 heteroatoms. The number of imidazole rings is 2. The molecule has 0 amide bonds. The molecule has 0 bridgehead atoms. The maximum Gasteiger partial charge on any atom is 0.190 e. The van der Waals surface area contributed by atoms with E-state index in [2.05, 4.69) is 9.97 Å². The summed E-state index contributed by atoms with van der Waals surface area (Å²) in [6.07, 6.45) is 10.3. The van der Waals surface area contributed by atoms with E-state index in [0.717, 1.165) is 0 Å². The first-order chi connectivity index (χ1) is 5.88. The van der Waals surface area contributed by atoms with Crippen LogP contribution in [0.1, 0.15) is 0 Å². The van der Waals surface area contributed by atoms with Gasteiger partial charge < -0.3 is 0 Å². The SMILES string of the molecule is S=C(n1ccnc1)n1ccnc1.[V]. The molecule has 13 heavy (non-hydrogen) atoms. The fourth-order valence-electron chi connectivity index (χ4n) is 0.878. The van der Waals surface area contributed by atoms with Crippen molar-refractivity contribution in [1.82, 2.24) is 19.1 Å². The molecule has 0 N–H and O–H groups in total. The van der Waals surface area contributed by atoms with Crippen LogP contribution in [0.3, 0.4) is 0 Å². The fourth-order valence-corrected chi connectivity index (χ4v) is 1.09. The number of hydrogen-bond acceptors (Lipinski definition) is 3. The van der Waals surface area contributed by atoms with Crippen LogP contribution < -0.4 is 0 Å². The van der Waals surface area contributed by atoms with E-state index in [4.69, 9.17) is 12.2 Å². The van der Waals surface area contributed by atoms with Crippen molar-refractivity contribution in [2.45, 2.75) is 0 Å². The maximum absolute atomic E-state index is 5.14. The Morgan fingerprint density at radius 2 is 1.46 bits per heavy atom. The molecule has 2 aromatic rings. The minimum atomic E-state index is 0. The third-order valence-corrected chi connectivity index (χ3v) is 1.87. The molecular weight excluding hydrogens is 223 g/mol. The second kappa shape index (κ2) is 4.36. The summed E-state index contributed by atoms with van der Waals surface area (Å²) in [5.41, 5.74) is 0. The van der Waals surface area contributed by atoms with Crippen molar-refractivity contribution in [3.63, 3.8) is 0 Å². The summed E-state index contributed by atoms with van der Waals surface area (Å²) in [5, 5.41) is 0.644. The Balaban J connectivity index is 0.000000845. The van der Waals surface area contributed by atoms with Gasteiger partial charge in [-0.25, -0.2) is 9.97 Å². The summed E-state index contributed by atoms with van der Waals surface area (Å²) in [4.78, 5) is 7.79. The molecule has 0 aliphatic heterocycles. The van der Waals surface area contributed by atoms with Gasteiger partial charge >= 0.3 is 0 Å². The summed E-state index contributed by atoms with van der Waals surface area (Å²) in [7, 11) is 0.